The second kappa shape index (κ2) is 6.15. The van der Waals surface area contributed by atoms with Gasteiger partial charge in [0.2, 0.25) is 0 Å². The number of nitrogens with two attached hydrogens (primary N) is 1. The molecule has 0 saturated carbocycles. The zero-order valence-corrected chi connectivity index (χ0v) is 12.6. The maximum atomic E-state index is 12.2. The van der Waals surface area contributed by atoms with Gasteiger partial charge in [0.15, 0.2) is 5.69 Å². The topological polar surface area (TPSA) is 90.0 Å². The number of rotatable bonds is 4. The van der Waals surface area contributed by atoms with E-state index in [1.165, 1.54) is 16.9 Å². The van der Waals surface area contributed by atoms with E-state index in [4.69, 9.17) is 28.9 Å². The normalized spacial score (nSPS) is 10.4. The van der Waals surface area contributed by atoms with E-state index in [1.54, 1.807) is 12.1 Å². The number of nitrogens with zero attached hydrogens (tertiary/aromatic N) is 2. The lowest BCUT2D eigenvalue weighted by atomic mass is 10.2. The van der Waals surface area contributed by atoms with E-state index in [2.05, 4.69) is 10.4 Å². The molecule has 0 unspecified atom stereocenters. The van der Waals surface area contributed by atoms with Crippen LogP contribution in [0.3, 0.4) is 0 Å². The second-order valence-electron chi connectivity index (χ2n) is 4.17. The lowest BCUT2D eigenvalue weighted by molar-refractivity contribution is 0.0995. The van der Waals surface area contributed by atoms with Crippen LogP contribution in [0.15, 0.2) is 24.4 Å². The highest BCUT2D eigenvalue weighted by Crippen LogP contribution is 2.26. The van der Waals surface area contributed by atoms with Gasteiger partial charge in [0, 0.05) is 12.7 Å². The van der Waals surface area contributed by atoms with Crippen molar-refractivity contribution in [2.24, 2.45) is 5.73 Å². The molecule has 0 bridgehead atoms. The molecule has 110 valence electrons. The summed E-state index contributed by atoms with van der Waals surface area (Å²) in [6.45, 7) is 2.38. The molecule has 0 saturated heterocycles. The molecule has 0 aliphatic carbocycles. The van der Waals surface area contributed by atoms with E-state index in [0.717, 1.165) is 0 Å². The van der Waals surface area contributed by atoms with Gasteiger partial charge in [-0.25, -0.2) is 0 Å². The van der Waals surface area contributed by atoms with Gasteiger partial charge in [0.25, 0.3) is 11.8 Å². The fourth-order valence-corrected chi connectivity index (χ4v) is 2.11. The van der Waals surface area contributed by atoms with Crippen molar-refractivity contribution in [1.82, 2.24) is 9.78 Å². The standard InChI is InChI=1S/C13H12Cl2N4O2/c1-2-19-6-9(11(18-19)12(16)20)17-13(21)7-4-3-5-8(14)10(7)15/h3-6H,2H2,1H3,(H2,16,20)(H,17,21). The Labute approximate surface area is 130 Å². The molecule has 3 N–H and O–H groups in total. The number of aryl methyl sites for hydroxylation is 1. The molecule has 8 heteroatoms. The summed E-state index contributed by atoms with van der Waals surface area (Å²) in [7, 11) is 0. The van der Waals surface area contributed by atoms with Crippen LogP contribution >= 0.6 is 23.2 Å². The first-order valence-electron chi connectivity index (χ1n) is 6.06. The molecule has 0 spiro atoms. The highest BCUT2D eigenvalue weighted by atomic mass is 35.5. The van der Waals surface area contributed by atoms with Gasteiger partial charge in [0.05, 0.1) is 21.3 Å². The van der Waals surface area contributed by atoms with Gasteiger partial charge in [-0.3, -0.25) is 14.3 Å². The third-order valence-corrected chi connectivity index (χ3v) is 3.58. The number of aromatic nitrogens is 2. The van der Waals surface area contributed by atoms with Gasteiger partial charge < -0.3 is 11.1 Å². The van der Waals surface area contributed by atoms with Gasteiger partial charge in [0.1, 0.15) is 0 Å². The smallest absolute Gasteiger partial charge is 0.271 e. The third kappa shape index (κ3) is 3.17. The molecule has 2 aromatic rings. The van der Waals surface area contributed by atoms with Crippen molar-refractivity contribution in [2.45, 2.75) is 13.5 Å². The molecule has 0 radical (unpaired) electrons. The number of amides is 2. The Morgan fingerprint density at radius 1 is 1.38 bits per heavy atom. The predicted octanol–water partition coefficient (Wildman–Crippen LogP) is 2.56. The number of hydrogen-bond donors (Lipinski definition) is 2. The van der Waals surface area contributed by atoms with Crippen molar-refractivity contribution in [3.63, 3.8) is 0 Å². The molecule has 0 atom stereocenters. The molecule has 0 fully saturated rings. The SMILES string of the molecule is CCn1cc(NC(=O)c2cccc(Cl)c2Cl)c(C(N)=O)n1. The summed E-state index contributed by atoms with van der Waals surface area (Å²) in [6, 6.07) is 4.70. The molecule has 2 rings (SSSR count). The molecular weight excluding hydrogens is 315 g/mol. The summed E-state index contributed by atoms with van der Waals surface area (Å²) in [5, 5.41) is 6.95. The quantitative estimate of drug-likeness (QED) is 0.904. The number of halogens is 2. The number of carbonyl (C=O) groups excluding carboxylic acids is 2. The Kier molecular flexibility index (Phi) is 4.50. The average molecular weight is 327 g/mol. The summed E-state index contributed by atoms with van der Waals surface area (Å²) in [4.78, 5) is 23.6. The van der Waals surface area contributed by atoms with E-state index in [0.29, 0.717) is 6.54 Å². The number of nitrogens with one attached hydrogen (secondary N) is 1. The Hall–Kier alpha value is -2.05. The number of benzene rings is 1. The molecule has 6 nitrogen and oxygen atoms in total. The summed E-state index contributed by atoms with van der Waals surface area (Å²) < 4.78 is 1.50. The summed E-state index contributed by atoms with van der Waals surface area (Å²) in [6.07, 6.45) is 1.52. The number of hydrogen-bond acceptors (Lipinski definition) is 3. The van der Waals surface area contributed by atoms with Crippen molar-refractivity contribution >= 4 is 40.7 Å². The van der Waals surface area contributed by atoms with Crippen LogP contribution in [-0.2, 0) is 6.54 Å². The summed E-state index contributed by atoms with van der Waals surface area (Å²) in [5.41, 5.74) is 5.65. The molecule has 1 aromatic carbocycles. The molecule has 1 heterocycles. The highest BCUT2D eigenvalue weighted by molar-refractivity contribution is 6.44. The monoisotopic (exact) mass is 326 g/mol. The highest BCUT2D eigenvalue weighted by Gasteiger charge is 2.18. The van der Waals surface area contributed by atoms with Gasteiger partial charge in [-0.15, -0.1) is 0 Å². The number of carbonyl (C=O) groups is 2. The molecule has 0 aliphatic heterocycles. The largest absolute Gasteiger partial charge is 0.364 e. The molecule has 2 amide bonds. The summed E-state index contributed by atoms with van der Waals surface area (Å²) in [5.74, 6) is -1.23. The minimum absolute atomic E-state index is 0.0108. The zero-order chi connectivity index (χ0) is 15.6. The van der Waals surface area contributed by atoms with Crippen LogP contribution in [0.5, 0.6) is 0 Å². The van der Waals surface area contributed by atoms with Gasteiger partial charge in [-0.05, 0) is 19.1 Å². The average Bonchev–Trinajstić information content (AvgIpc) is 2.85. The summed E-state index contributed by atoms with van der Waals surface area (Å²) >= 11 is 11.9. The number of anilines is 1. The molecule has 0 aliphatic rings. The van der Waals surface area contributed by atoms with E-state index in [9.17, 15) is 9.59 Å². The van der Waals surface area contributed by atoms with Crippen LogP contribution in [0.2, 0.25) is 10.0 Å². The first kappa shape index (κ1) is 15.3. The van der Waals surface area contributed by atoms with Crippen molar-refractivity contribution in [1.29, 1.82) is 0 Å². The minimum atomic E-state index is -0.727. The van der Waals surface area contributed by atoms with E-state index in [-0.39, 0.29) is 27.0 Å². The lowest BCUT2D eigenvalue weighted by Crippen LogP contribution is -2.18. The van der Waals surface area contributed by atoms with Crippen LogP contribution in [-0.4, -0.2) is 21.6 Å². The molecule has 1 aromatic heterocycles. The van der Waals surface area contributed by atoms with Crippen molar-refractivity contribution < 1.29 is 9.59 Å². The van der Waals surface area contributed by atoms with Crippen molar-refractivity contribution in [2.75, 3.05) is 5.32 Å². The third-order valence-electron chi connectivity index (χ3n) is 2.76. The Morgan fingerprint density at radius 3 is 2.71 bits per heavy atom. The zero-order valence-electron chi connectivity index (χ0n) is 11.1. The molecular formula is C13H12Cl2N4O2. The van der Waals surface area contributed by atoms with E-state index in [1.807, 2.05) is 6.92 Å². The Bertz CT molecular complexity index is 712. The van der Waals surface area contributed by atoms with Gasteiger partial charge in [-0.2, -0.15) is 5.10 Å². The fourth-order valence-electron chi connectivity index (χ4n) is 1.73. The van der Waals surface area contributed by atoms with Crippen LogP contribution in [0.1, 0.15) is 27.8 Å². The van der Waals surface area contributed by atoms with Crippen LogP contribution < -0.4 is 11.1 Å². The lowest BCUT2D eigenvalue weighted by Gasteiger charge is -2.06. The Balaban J connectivity index is 2.33. The van der Waals surface area contributed by atoms with Crippen LogP contribution in [0.4, 0.5) is 5.69 Å². The first-order chi connectivity index (χ1) is 9.93. The maximum Gasteiger partial charge on any atom is 0.271 e. The minimum Gasteiger partial charge on any atom is -0.364 e. The first-order valence-corrected chi connectivity index (χ1v) is 6.82. The fraction of sp³-hybridized carbons (Fsp3) is 0.154. The van der Waals surface area contributed by atoms with Gasteiger partial charge in [-0.1, -0.05) is 29.3 Å². The predicted molar refractivity (Wildman–Crippen MR) is 80.8 cm³/mol. The van der Waals surface area contributed by atoms with E-state index >= 15 is 0 Å². The number of primary amides is 1. The van der Waals surface area contributed by atoms with Gasteiger partial charge >= 0.3 is 0 Å². The molecule has 21 heavy (non-hydrogen) atoms. The van der Waals surface area contributed by atoms with Crippen LogP contribution in [0.25, 0.3) is 0 Å². The van der Waals surface area contributed by atoms with Crippen LogP contribution in [0, 0.1) is 0 Å². The van der Waals surface area contributed by atoms with Crippen molar-refractivity contribution in [3.05, 3.63) is 45.7 Å². The maximum absolute atomic E-state index is 12.2. The second-order valence-corrected chi connectivity index (χ2v) is 4.95. The van der Waals surface area contributed by atoms with E-state index < -0.39 is 11.8 Å². The Morgan fingerprint density at radius 2 is 2.10 bits per heavy atom. The van der Waals surface area contributed by atoms with Crippen molar-refractivity contribution in [3.8, 4) is 0 Å².